The van der Waals surface area contributed by atoms with E-state index < -0.39 is 10.0 Å². The van der Waals surface area contributed by atoms with Crippen LogP contribution in [-0.4, -0.2) is 47.6 Å². The zero-order valence-electron chi connectivity index (χ0n) is 20.5. The Hall–Kier alpha value is -4.12. The molecule has 3 amide bonds. The molecule has 192 valence electrons. The van der Waals surface area contributed by atoms with E-state index in [0.717, 1.165) is 0 Å². The van der Waals surface area contributed by atoms with Gasteiger partial charge in [-0.1, -0.05) is 18.6 Å². The molecule has 0 saturated carbocycles. The molecule has 4 rings (SSSR count). The lowest BCUT2D eigenvalue weighted by molar-refractivity contribution is -0.116. The van der Waals surface area contributed by atoms with E-state index >= 15 is 0 Å². The number of aryl methyl sites for hydroxylation is 2. The summed E-state index contributed by atoms with van der Waals surface area (Å²) in [6, 6.07) is 14.2. The third-order valence-electron chi connectivity index (χ3n) is 5.82. The number of nitrogens with zero attached hydrogens (tertiary/aromatic N) is 3. The Morgan fingerprint density at radius 2 is 1.54 bits per heavy atom. The Bertz CT molecular complexity index is 1400. The predicted molar refractivity (Wildman–Crippen MR) is 138 cm³/mol. The molecule has 0 unspecified atom stereocenters. The van der Waals surface area contributed by atoms with Crippen molar-refractivity contribution in [2.75, 3.05) is 16.6 Å². The van der Waals surface area contributed by atoms with Crippen molar-refractivity contribution >= 4 is 39.3 Å². The topological polar surface area (TPSA) is 138 Å². The number of benzene rings is 2. The maximum Gasteiger partial charge on any atom is 0.263 e. The number of anilines is 2. The van der Waals surface area contributed by atoms with Gasteiger partial charge in [0.05, 0.1) is 16.0 Å². The summed E-state index contributed by atoms with van der Waals surface area (Å²) < 4.78 is 27.7. The van der Waals surface area contributed by atoms with Crippen molar-refractivity contribution in [2.24, 2.45) is 0 Å². The highest BCUT2D eigenvalue weighted by Gasteiger charge is 2.34. The van der Waals surface area contributed by atoms with Gasteiger partial charge in [-0.2, -0.15) is 0 Å². The van der Waals surface area contributed by atoms with Crippen LogP contribution in [0.15, 0.2) is 59.5 Å². The number of nitrogens with one attached hydrogen (secondary N) is 2. The van der Waals surface area contributed by atoms with Crippen LogP contribution in [0.2, 0.25) is 0 Å². The van der Waals surface area contributed by atoms with Crippen LogP contribution in [0.1, 0.15) is 57.9 Å². The third kappa shape index (κ3) is 6.18. The van der Waals surface area contributed by atoms with Gasteiger partial charge in [0.15, 0.2) is 0 Å². The predicted octanol–water partition coefficient (Wildman–Crippen LogP) is 3.69. The lowest BCUT2D eigenvalue weighted by atomic mass is 10.1. The molecule has 0 aliphatic carbocycles. The number of imide groups is 1. The average Bonchev–Trinajstić information content (AvgIpc) is 3.08. The molecule has 1 aromatic heterocycles. The van der Waals surface area contributed by atoms with E-state index in [1.165, 1.54) is 29.2 Å². The number of unbranched alkanes of at least 4 members (excludes halogenated alkanes) is 2. The van der Waals surface area contributed by atoms with Gasteiger partial charge in [-0.3, -0.25) is 24.0 Å². The first-order chi connectivity index (χ1) is 17.6. The fourth-order valence-corrected chi connectivity index (χ4v) is 5.07. The molecule has 0 fully saturated rings. The van der Waals surface area contributed by atoms with Crippen LogP contribution in [0.3, 0.4) is 0 Å². The van der Waals surface area contributed by atoms with E-state index in [9.17, 15) is 22.8 Å². The van der Waals surface area contributed by atoms with Gasteiger partial charge < -0.3 is 5.32 Å². The van der Waals surface area contributed by atoms with Crippen molar-refractivity contribution in [3.8, 4) is 0 Å². The minimum absolute atomic E-state index is 0.0348. The summed E-state index contributed by atoms with van der Waals surface area (Å²) in [4.78, 5) is 46.6. The van der Waals surface area contributed by atoms with Crippen LogP contribution in [0.25, 0.3) is 0 Å². The highest BCUT2D eigenvalue weighted by molar-refractivity contribution is 7.92. The van der Waals surface area contributed by atoms with E-state index in [4.69, 9.17) is 0 Å². The molecular formula is C26H27N5O5S. The van der Waals surface area contributed by atoms with Crippen molar-refractivity contribution in [3.63, 3.8) is 0 Å². The van der Waals surface area contributed by atoms with Gasteiger partial charge in [0.2, 0.25) is 5.91 Å². The second-order valence-electron chi connectivity index (χ2n) is 8.74. The highest BCUT2D eigenvalue weighted by Crippen LogP contribution is 2.23. The van der Waals surface area contributed by atoms with Gasteiger partial charge in [-0.15, -0.1) is 0 Å². The number of amides is 3. The molecular weight excluding hydrogens is 494 g/mol. The van der Waals surface area contributed by atoms with Crippen molar-refractivity contribution in [3.05, 3.63) is 77.2 Å². The molecule has 0 spiro atoms. The molecule has 0 bridgehead atoms. The quantitative estimate of drug-likeness (QED) is 0.306. The number of sulfonamides is 1. The summed E-state index contributed by atoms with van der Waals surface area (Å²) in [5.41, 5.74) is 1.98. The molecule has 37 heavy (non-hydrogen) atoms. The maximum atomic E-state index is 12.7. The summed E-state index contributed by atoms with van der Waals surface area (Å²) in [6.45, 7) is 3.74. The van der Waals surface area contributed by atoms with E-state index in [2.05, 4.69) is 20.0 Å². The number of rotatable bonds is 10. The maximum absolute atomic E-state index is 12.7. The van der Waals surface area contributed by atoms with E-state index in [1.54, 1.807) is 44.2 Å². The van der Waals surface area contributed by atoms with E-state index in [-0.39, 0.29) is 34.9 Å². The van der Waals surface area contributed by atoms with Crippen molar-refractivity contribution < 1.29 is 22.8 Å². The van der Waals surface area contributed by atoms with Crippen LogP contribution in [0.4, 0.5) is 11.5 Å². The summed E-state index contributed by atoms with van der Waals surface area (Å²) >= 11 is 0. The third-order valence-corrected chi connectivity index (χ3v) is 7.19. The molecule has 0 radical (unpaired) electrons. The van der Waals surface area contributed by atoms with Gasteiger partial charge in [0.25, 0.3) is 21.8 Å². The Balaban J connectivity index is 1.21. The van der Waals surface area contributed by atoms with Crippen LogP contribution in [-0.2, 0) is 14.8 Å². The molecule has 1 aliphatic rings. The second kappa shape index (κ2) is 10.9. The van der Waals surface area contributed by atoms with Gasteiger partial charge in [0.1, 0.15) is 11.6 Å². The van der Waals surface area contributed by atoms with Gasteiger partial charge >= 0.3 is 0 Å². The second-order valence-corrected chi connectivity index (χ2v) is 10.4. The van der Waals surface area contributed by atoms with Crippen LogP contribution < -0.4 is 10.0 Å². The Morgan fingerprint density at radius 3 is 2.16 bits per heavy atom. The number of carbonyl (C=O) groups is 3. The SMILES string of the molecule is Cc1cc(NS(=O)(=O)c2ccc(NC(=O)CCCCCN3C(=O)c4ccccc4C3=O)cc2)nc(C)n1. The minimum atomic E-state index is -3.85. The monoisotopic (exact) mass is 521 g/mol. The van der Waals surface area contributed by atoms with E-state index in [1.807, 2.05) is 0 Å². The fourth-order valence-electron chi connectivity index (χ4n) is 4.08. The number of hydrogen-bond acceptors (Lipinski definition) is 7. The molecule has 2 N–H and O–H groups in total. The summed E-state index contributed by atoms with van der Waals surface area (Å²) in [5, 5.41) is 2.75. The largest absolute Gasteiger partial charge is 0.326 e. The van der Waals surface area contributed by atoms with Crippen molar-refractivity contribution in [2.45, 2.75) is 44.4 Å². The first-order valence-electron chi connectivity index (χ1n) is 11.8. The van der Waals surface area contributed by atoms with Gasteiger partial charge in [-0.05, 0) is 63.1 Å². The molecule has 2 heterocycles. The van der Waals surface area contributed by atoms with E-state index in [0.29, 0.717) is 54.1 Å². The van der Waals surface area contributed by atoms with Crippen molar-refractivity contribution in [1.29, 1.82) is 0 Å². The fraction of sp³-hybridized carbons (Fsp3) is 0.269. The summed E-state index contributed by atoms with van der Waals surface area (Å²) in [7, 11) is -3.85. The van der Waals surface area contributed by atoms with Crippen LogP contribution in [0.5, 0.6) is 0 Å². The Morgan fingerprint density at radius 1 is 0.892 bits per heavy atom. The number of hydrogen-bond donors (Lipinski definition) is 2. The molecule has 1 aliphatic heterocycles. The summed E-state index contributed by atoms with van der Waals surface area (Å²) in [6.07, 6.45) is 2.12. The highest BCUT2D eigenvalue weighted by atomic mass is 32.2. The molecule has 0 atom stereocenters. The smallest absolute Gasteiger partial charge is 0.263 e. The number of fused-ring (bicyclic) bond motifs is 1. The Labute approximate surface area is 215 Å². The minimum Gasteiger partial charge on any atom is -0.326 e. The first kappa shape index (κ1) is 26.0. The van der Waals surface area contributed by atoms with Crippen LogP contribution in [0, 0.1) is 13.8 Å². The van der Waals surface area contributed by atoms with Crippen molar-refractivity contribution in [1.82, 2.24) is 14.9 Å². The number of carbonyl (C=O) groups excluding carboxylic acids is 3. The number of aromatic nitrogens is 2. The van der Waals surface area contributed by atoms with Gasteiger partial charge in [-0.25, -0.2) is 18.4 Å². The first-order valence-corrected chi connectivity index (χ1v) is 13.3. The molecule has 11 heteroatoms. The summed E-state index contributed by atoms with van der Waals surface area (Å²) in [5.74, 6) is -0.117. The molecule has 10 nitrogen and oxygen atoms in total. The average molecular weight is 522 g/mol. The molecule has 2 aromatic carbocycles. The standard InChI is InChI=1S/C26H27N5O5S/c1-17-16-23(28-18(2)27-17)30-37(35,36)20-13-11-19(12-14-20)29-24(32)10-4-3-7-15-31-25(33)21-8-5-6-9-22(21)26(31)34/h5-6,8-9,11-14,16H,3-4,7,10,15H2,1-2H3,(H,29,32)(H,27,28,30). The lowest BCUT2D eigenvalue weighted by Gasteiger charge is -2.13. The zero-order chi connectivity index (χ0) is 26.6. The van der Waals surface area contributed by atoms with Gasteiger partial charge in [0, 0.05) is 30.4 Å². The molecule has 3 aromatic rings. The lowest BCUT2D eigenvalue weighted by Crippen LogP contribution is -2.30. The Kier molecular flexibility index (Phi) is 7.63. The zero-order valence-corrected chi connectivity index (χ0v) is 21.3. The normalized spacial score (nSPS) is 13.0. The molecule has 0 saturated heterocycles. The van der Waals surface area contributed by atoms with Crippen LogP contribution >= 0.6 is 0 Å².